The fourth-order valence-corrected chi connectivity index (χ4v) is 2.83. The van der Waals surface area contributed by atoms with E-state index in [-0.39, 0.29) is 11.5 Å². The van der Waals surface area contributed by atoms with Crippen LogP contribution in [0.2, 0.25) is 0 Å². The zero-order chi connectivity index (χ0) is 17.0. The molecule has 0 saturated carbocycles. The molecule has 1 fully saturated rings. The van der Waals surface area contributed by atoms with Crippen molar-refractivity contribution in [2.75, 3.05) is 13.2 Å². The maximum atomic E-state index is 5.80. The van der Waals surface area contributed by atoms with Gasteiger partial charge < -0.3 is 9.26 Å². The third-order valence-electron chi connectivity index (χ3n) is 4.09. The van der Waals surface area contributed by atoms with E-state index in [9.17, 15) is 0 Å². The molecule has 0 unspecified atom stereocenters. The molecule has 0 amide bonds. The van der Waals surface area contributed by atoms with Gasteiger partial charge in [0.05, 0.1) is 12.6 Å². The summed E-state index contributed by atoms with van der Waals surface area (Å²) in [5.74, 6) is 1.40. The fraction of sp³-hybridized carbons (Fsp3) is 0.611. The lowest BCUT2D eigenvalue weighted by molar-refractivity contribution is 0.0667. The van der Waals surface area contributed by atoms with Gasteiger partial charge in [0.25, 0.3) is 0 Å². The molecule has 24 heavy (non-hydrogen) atoms. The molecule has 0 spiro atoms. The number of hydrogen-bond donors (Lipinski definition) is 0. The van der Waals surface area contributed by atoms with Crippen molar-refractivity contribution in [3.63, 3.8) is 0 Å². The van der Waals surface area contributed by atoms with Gasteiger partial charge in [0.1, 0.15) is 0 Å². The largest absolute Gasteiger partial charge is 0.377 e. The van der Waals surface area contributed by atoms with Gasteiger partial charge in [0, 0.05) is 37.5 Å². The zero-order valence-electron chi connectivity index (χ0n) is 14.7. The lowest BCUT2D eigenvalue weighted by Gasteiger charge is -2.23. The van der Waals surface area contributed by atoms with E-state index >= 15 is 0 Å². The normalized spacial score (nSPS) is 18.4. The predicted octanol–water partition coefficient (Wildman–Crippen LogP) is 2.94. The zero-order valence-corrected chi connectivity index (χ0v) is 14.7. The second kappa shape index (κ2) is 7.40. The van der Waals surface area contributed by atoms with Crippen molar-refractivity contribution in [3.05, 3.63) is 41.8 Å². The highest BCUT2D eigenvalue weighted by molar-refractivity contribution is 5.08. The Labute approximate surface area is 143 Å². The van der Waals surface area contributed by atoms with Crippen LogP contribution in [0.25, 0.3) is 0 Å². The number of nitrogens with zero attached hydrogens (tertiary/aromatic N) is 4. The third-order valence-corrected chi connectivity index (χ3v) is 4.09. The Kier molecular flexibility index (Phi) is 5.26. The highest BCUT2D eigenvalue weighted by atomic mass is 16.5. The highest BCUT2D eigenvalue weighted by Gasteiger charge is 2.24. The number of hydrogen-bond acceptors (Lipinski definition) is 6. The first-order valence-corrected chi connectivity index (χ1v) is 8.56. The molecular formula is C18H26N4O2. The van der Waals surface area contributed by atoms with Crippen LogP contribution in [0, 0.1) is 0 Å². The summed E-state index contributed by atoms with van der Waals surface area (Å²) >= 11 is 0. The molecule has 2 aromatic heterocycles. The SMILES string of the molecule is CC(C)(C)c1nc(CN(Cc2cccnc2)C[C@@H]2CCCO2)no1. The average molecular weight is 330 g/mol. The van der Waals surface area contributed by atoms with Crippen LogP contribution in [-0.2, 0) is 23.2 Å². The van der Waals surface area contributed by atoms with E-state index in [0.29, 0.717) is 12.4 Å². The number of rotatable bonds is 6. The predicted molar refractivity (Wildman–Crippen MR) is 90.3 cm³/mol. The van der Waals surface area contributed by atoms with Crippen molar-refractivity contribution < 1.29 is 9.26 Å². The molecule has 0 aliphatic carbocycles. The minimum Gasteiger partial charge on any atom is -0.377 e. The molecule has 2 aromatic rings. The van der Waals surface area contributed by atoms with E-state index in [2.05, 4.69) is 46.9 Å². The summed E-state index contributed by atoms with van der Waals surface area (Å²) in [5.41, 5.74) is 1.05. The summed E-state index contributed by atoms with van der Waals surface area (Å²) in [6.45, 7) is 9.40. The average Bonchev–Trinajstić information content (AvgIpc) is 3.19. The van der Waals surface area contributed by atoms with Gasteiger partial charge in [-0.1, -0.05) is 32.0 Å². The van der Waals surface area contributed by atoms with Crippen LogP contribution in [0.4, 0.5) is 0 Å². The van der Waals surface area contributed by atoms with Gasteiger partial charge >= 0.3 is 0 Å². The van der Waals surface area contributed by atoms with Crippen molar-refractivity contribution in [1.82, 2.24) is 20.0 Å². The topological polar surface area (TPSA) is 64.3 Å². The maximum absolute atomic E-state index is 5.80. The fourth-order valence-electron chi connectivity index (χ4n) is 2.83. The van der Waals surface area contributed by atoms with Crippen LogP contribution < -0.4 is 0 Å². The molecule has 1 aliphatic heterocycles. The molecule has 0 aromatic carbocycles. The Morgan fingerprint density at radius 3 is 2.79 bits per heavy atom. The smallest absolute Gasteiger partial charge is 0.232 e. The van der Waals surface area contributed by atoms with Crippen molar-refractivity contribution in [2.24, 2.45) is 0 Å². The van der Waals surface area contributed by atoms with Crippen molar-refractivity contribution >= 4 is 0 Å². The Bertz CT molecular complexity index is 630. The second-order valence-electron chi connectivity index (χ2n) is 7.43. The summed E-state index contributed by atoms with van der Waals surface area (Å²) in [4.78, 5) is 11.1. The number of ether oxygens (including phenoxy) is 1. The minimum atomic E-state index is -0.131. The lowest BCUT2D eigenvalue weighted by atomic mass is 9.97. The van der Waals surface area contributed by atoms with Crippen LogP contribution in [0.5, 0.6) is 0 Å². The van der Waals surface area contributed by atoms with Crippen LogP contribution in [0.1, 0.15) is 50.9 Å². The van der Waals surface area contributed by atoms with Gasteiger partial charge in [-0.3, -0.25) is 9.88 Å². The molecular weight excluding hydrogens is 304 g/mol. The Balaban J connectivity index is 1.70. The molecule has 1 aliphatic rings. The Hall–Kier alpha value is -1.79. The van der Waals surface area contributed by atoms with Gasteiger partial charge in [-0.15, -0.1) is 0 Å². The second-order valence-corrected chi connectivity index (χ2v) is 7.43. The summed E-state index contributed by atoms with van der Waals surface area (Å²) < 4.78 is 11.2. The van der Waals surface area contributed by atoms with Crippen molar-refractivity contribution in [2.45, 2.75) is 58.2 Å². The van der Waals surface area contributed by atoms with Gasteiger partial charge in [-0.05, 0) is 24.5 Å². The van der Waals surface area contributed by atoms with E-state index in [0.717, 1.165) is 38.4 Å². The van der Waals surface area contributed by atoms with E-state index in [4.69, 9.17) is 9.26 Å². The van der Waals surface area contributed by atoms with Crippen LogP contribution in [-0.4, -0.2) is 39.3 Å². The van der Waals surface area contributed by atoms with Crippen molar-refractivity contribution in [3.8, 4) is 0 Å². The summed E-state index contributed by atoms with van der Waals surface area (Å²) in [6.07, 6.45) is 6.24. The monoisotopic (exact) mass is 330 g/mol. The molecule has 1 atom stereocenters. The number of pyridine rings is 1. The van der Waals surface area contributed by atoms with E-state index < -0.39 is 0 Å². The molecule has 6 nitrogen and oxygen atoms in total. The third kappa shape index (κ3) is 4.61. The molecule has 1 saturated heterocycles. The molecule has 6 heteroatoms. The molecule has 0 radical (unpaired) electrons. The van der Waals surface area contributed by atoms with Gasteiger partial charge in [0.2, 0.25) is 5.89 Å². The van der Waals surface area contributed by atoms with Crippen LogP contribution in [0.15, 0.2) is 29.0 Å². The Morgan fingerprint density at radius 1 is 1.29 bits per heavy atom. The Morgan fingerprint density at radius 2 is 2.17 bits per heavy atom. The van der Waals surface area contributed by atoms with Crippen molar-refractivity contribution in [1.29, 1.82) is 0 Å². The van der Waals surface area contributed by atoms with E-state index in [1.54, 1.807) is 6.20 Å². The first-order chi connectivity index (χ1) is 11.5. The van der Waals surface area contributed by atoms with Gasteiger partial charge in [0.15, 0.2) is 5.82 Å². The standard InChI is InChI=1S/C18H26N4O2/c1-18(2,3)17-20-16(21-24-17)13-22(12-15-7-5-9-23-15)11-14-6-4-8-19-10-14/h4,6,8,10,15H,5,7,9,11-13H2,1-3H3/t15-/m0/s1. The molecule has 3 heterocycles. The first kappa shape index (κ1) is 17.0. The van der Waals surface area contributed by atoms with Gasteiger partial charge in [-0.2, -0.15) is 4.98 Å². The minimum absolute atomic E-state index is 0.131. The molecule has 0 bridgehead atoms. The highest BCUT2D eigenvalue weighted by Crippen LogP contribution is 2.21. The first-order valence-electron chi connectivity index (χ1n) is 8.56. The van der Waals surface area contributed by atoms with E-state index in [1.165, 1.54) is 5.56 Å². The van der Waals surface area contributed by atoms with Crippen LogP contribution in [0.3, 0.4) is 0 Å². The molecule has 130 valence electrons. The summed E-state index contributed by atoms with van der Waals surface area (Å²) in [6, 6.07) is 4.05. The van der Waals surface area contributed by atoms with Crippen LogP contribution >= 0.6 is 0 Å². The number of aromatic nitrogens is 3. The maximum Gasteiger partial charge on any atom is 0.232 e. The lowest BCUT2D eigenvalue weighted by Crippen LogP contribution is -2.32. The quantitative estimate of drug-likeness (QED) is 0.811. The van der Waals surface area contributed by atoms with E-state index in [1.807, 2.05) is 12.3 Å². The molecule has 0 N–H and O–H groups in total. The summed E-state index contributed by atoms with van der Waals surface area (Å²) in [7, 11) is 0. The van der Waals surface area contributed by atoms with Gasteiger partial charge in [-0.25, -0.2) is 0 Å². The summed E-state index contributed by atoms with van der Waals surface area (Å²) in [5, 5.41) is 4.15. The molecule has 3 rings (SSSR count).